The van der Waals surface area contributed by atoms with E-state index in [2.05, 4.69) is 15.9 Å². The Hall–Kier alpha value is -1.03. The third-order valence-corrected chi connectivity index (χ3v) is 4.06. The lowest BCUT2D eigenvalue weighted by Gasteiger charge is -2.15. The van der Waals surface area contributed by atoms with Gasteiger partial charge in [0.1, 0.15) is 5.75 Å². The molecule has 0 saturated heterocycles. The van der Waals surface area contributed by atoms with Gasteiger partial charge < -0.3 is 10.5 Å². The summed E-state index contributed by atoms with van der Waals surface area (Å²) in [6.45, 7) is 0. The molecule has 100 valence electrons. The smallest absolute Gasteiger partial charge is 0.120 e. The molecule has 0 radical (unpaired) electrons. The minimum Gasteiger partial charge on any atom is -0.497 e. The van der Waals surface area contributed by atoms with Crippen LogP contribution in [0.5, 0.6) is 5.75 Å². The van der Waals surface area contributed by atoms with E-state index in [0.29, 0.717) is 6.42 Å². The van der Waals surface area contributed by atoms with Gasteiger partial charge in [-0.05, 0) is 35.7 Å². The Morgan fingerprint density at radius 1 is 1.26 bits per heavy atom. The molecule has 2 aromatic carbocycles. The van der Waals surface area contributed by atoms with Crippen LogP contribution >= 0.6 is 27.5 Å². The van der Waals surface area contributed by atoms with E-state index in [1.165, 1.54) is 0 Å². The van der Waals surface area contributed by atoms with Gasteiger partial charge in [-0.2, -0.15) is 0 Å². The van der Waals surface area contributed by atoms with E-state index in [9.17, 15) is 0 Å². The molecule has 0 aliphatic carbocycles. The standard InChI is InChI=1S/C15H15BrClNO/c1-19-11-6-7-12(13(16)9-11)15(18)8-10-4-2-3-5-14(10)17/h2-7,9,15H,8,18H2,1H3. The van der Waals surface area contributed by atoms with E-state index in [4.69, 9.17) is 22.1 Å². The van der Waals surface area contributed by atoms with Crippen molar-refractivity contribution in [2.75, 3.05) is 7.11 Å². The molecule has 1 atom stereocenters. The summed E-state index contributed by atoms with van der Waals surface area (Å²) in [6, 6.07) is 13.5. The highest BCUT2D eigenvalue weighted by Gasteiger charge is 2.13. The average Bonchev–Trinajstić information content (AvgIpc) is 2.41. The molecule has 0 amide bonds. The maximum Gasteiger partial charge on any atom is 0.120 e. The largest absolute Gasteiger partial charge is 0.497 e. The highest BCUT2D eigenvalue weighted by atomic mass is 79.9. The molecular formula is C15H15BrClNO. The van der Waals surface area contributed by atoms with Crippen molar-refractivity contribution >= 4 is 27.5 Å². The van der Waals surface area contributed by atoms with Crippen molar-refractivity contribution < 1.29 is 4.74 Å². The number of methoxy groups -OCH3 is 1. The molecule has 0 heterocycles. The molecule has 0 aliphatic rings. The minimum absolute atomic E-state index is 0.111. The topological polar surface area (TPSA) is 35.2 Å². The van der Waals surface area contributed by atoms with Crippen LogP contribution < -0.4 is 10.5 Å². The van der Waals surface area contributed by atoms with E-state index in [1.54, 1.807) is 7.11 Å². The SMILES string of the molecule is COc1ccc(C(N)Cc2ccccc2Cl)c(Br)c1. The van der Waals surface area contributed by atoms with Crippen LogP contribution in [0.4, 0.5) is 0 Å². The van der Waals surface area contributed by atoms with Crippen molar-refractivity contribution in [2.45, 2.75) is 12.5 Å². The predicted octanol–water partition coefficient (Wildman–Crippen LogP) is 4.35. The summed E-state index contributed by atoms with van der Waals surface area (Å²) in [5, 5.41) is 0.752. The molecule has 4 heteroatoms. The Balaban J connectivity index is 2.21. The summed E-state index contributed by atoms with van der Waals surface area (Å²) in [6.07, 6.45) is 0.699. The van der Waals surface area contributed by atoms with Gasteiger partial charge in [0.2, 0.25) is 0 Å². The monoisotopic (exact) mass is 339 g/mol. The van der Waals surface area contributed by atoms with Crippen LogP contribution in [-0.4, -0.2) is 7.11 Å². The minimum atomic E-state index is -0.111. The van der Waals surface area contributed by atoms with Crippen molar-refractivity contribution in [1.82, 2.24) is 0 Å². The van der Waals surface area contributed by atoms with Crippen LogP contribution in [0.3, 0.4) is 0 Å². The highest BCUT2D eigenvalue weighted by Crippen LogP contribution is 2.29. The highest BCUT2D eigenvalue weighted by molar-refractivity contribution is 9.10. The van der Waals surface area contributed by atoms with Crippen molar-refractivity contribution in [3.8, 4) is 5.75 Å². The molecule has 0 spiro atoms. The van der Waals surface area contributed by atoms with E-state index in [1.807, 2.05) is 42.5 Å². The maximum absolute atomic E-state index is 6.26. The molecule has 0 saturated carbocycles. The Bertz CT molecular complexity index is 574. The summed E-state index contributed by atoms with van der Waals surface area (Å²) in [5.74, 6) is 0.806. The lowest BCUT2D eigenvalue weighted by molar-refractivity contribution is 0.414. The fourth-order valence-electron chi connectivity index (χ4n) is 1.95. The summed E-state index contributed by atoms with van der Waals surface area (Å²) >= 11 is 9.68. The lowest BCUT2D eigenvalue weighted by Crippen LogP contribution is -2.14. The number of halogens is 2. The van der Waals surface area contributed by atoms with Crippen LogP contribution in [0, 0.1) is 0 Å². The predicted molar refractivity (Wildman–Crippen MR) is 82.8 cm³/mol. The Labute approximate surface area is 126 Å². The van der Waals surface area contributed by atoms with Crippen LogP contribution in [0.1, 0.15) is 17.2 Å². The summed E-state index contributed by atoms with van der Waals surface area (Å²) in [4.78, 5) is 0. The van der Waals surface area contributed by atoms with Gasteiger partial charge in [0.25, 0.3) is 0 Å². The molecular weight excluding hydrogens is 326 g/mol. The van der Waals surface area contributed by atoms with Crippen LogP contribution in [-0.2, 0) is 6.42 Å². The van der Waals surface area contributed by atoms with Crippen molar-refractivity contribution in [3.63, 3.8) is 0 Å². The summed E-state index contributed by atoms with van der Waals surface area (Å²) < 4.78 is 6.13. The number of hydrogen-bond donors (Lipinski definition) is 1. The number of ether oxygens (including phenoxy) is 1. The molecule has 0 aromatic heterocycles. The molecule has 2 N–H and O–H groups in total. The first kappa shape index (κ1) is 14.4. The van der Waals surface area contributed by atoms with E-state index in [0.717, 1.165) is 26.4 Å². The van der Waals surface area contributed by atoms with Crippen molar-refractivity contribution in [3.05, 3.63) is 63.1 Å². The number of rotatable bonds is 4. The molecule has 19 heavy (non-hydrogen) atoms. The maximum atomic E-state index is 6.26. The van der Waals surface area contributed by atoms with Gasteiger partial charge in [-0.3, -0.25) is 0 Å². The number of hydrogen-bond acceptors (Lipinski definition) is 2. The van der Waals surface area contributed by atoms with Crippen LogP contribution in [0.15, 0.2) is 46.9 Å². The van der Waals surface area contributed by atoms with Crippen LogP contribution in [0.25, 0.3) is 0 Å². The van der Waals surface area contributed by atoms with Gasteiger partial charge in [-0.25, -0.2) is 0 Å². The zero-order chi connectivity index (χ0) is 13.8. The molecule has 0 fully saturated rings. The molecule has 1 unspecified atom stereocenters. The fourth-order valence-corrected chi connectivity index (χ4v) is 2.81. The van der Waals surface area contributed by atoms with Gasteiger partial charge in [-0.15, -0.1) is 0 Å². The third kappa shape index (κ3) is 3.50. The van der Waals surface area contributed by atoms with E-state index >= 15 is 0 Å². The summed E-state index contributed by atoms with van der Waals surface area (Å²) in [7, 11) is 1.64. The first-order chi connectivity index (χ1) is 9.11. The Kier molecular flexibility index (Phi) is 4.86. The van der Waals surface area contributed by atoms with Gasteiger partial charge in [-0.1, -0.05) is 51.8 Å². The summed E-state index contributed by atoms with van der Waals surface area (Å²) in [5.41, 5.74) is 8.36. The Morgan fingerprint density at radius 2 is 2.00 bits per heavy atom. The fraction of sp³-hybridized carbons (Fsp3) is 0.200. The van der Waals surface area contributed by atoms with Gasteiger partial charge >= 0.3 is 0 Å². The van der Waals surface area contributed by atoms with Crippen LogP contribution in [0.2, 0.25) is 5.02 Å². The second-order valence-corrected chi connectivity index (χ2v) is 5.55. The second kappa shape index (κ2) is 6.42. The lowest BCUT2D eigenvalue weighted by atomic mass is 9.99. The molecule has 0 aliphatic heterocycles. The second-order valence-electron chi connectivity index (χ2n) is 4.29. The van der Waals surface area contributed by atoms with Gasteiger partial charge in [0.05, 0.1) is 7.11 Å². The molecule has 2 aromatic rings. The molecule has 0 bridgehead atoms. The quantitative estimate of drug-likeness (QED) is 0.898. The number of nitrogens with two attached hydrogens (primary N) is 1. The van der Waals surface area contributed by atoms with E-state index < -0.39 is 0 Å². The van der Waals surface area contributed by atoms with Crippen molar-refractivity contribution in [2.24, 2.45) is 5.73 Å². The molecule has 2 rings (SSSR count). The Morgan fingerprint density at radius 3 is 2.63 bits per heavy atom. The average molecular weight is 341 g/mol. The first-order valence-corrected chi connectivity index (χ1v) is 7.11. The zero-order valence-electron chi connectivity index (χ0n) is 10.6. The van der Waals surface area contributed by atoms with Gasteiger partial charge in [0.15, 0.2) is 0 Å². The van der Waals surface area contributed by atoms with Crippen molar-refractivity contribution in [1.29, 1.82) is 0 Å². The number of benzene rings is 2. The first-order valence-electron chi connectivity index (χ1n) is 5.94. The normalized spacial score (nSPS) is 12.2. The zero-order valence-corrected chi connectivity index (χ0v) is 12.9. The van der Waals surface area contributed by atoms with E-state index in [-0.39, 0.29) is 6.04 Å². The molecule has 2 nitrogen and oxygen atoms in total. The third-order valence-electron chi connectivity index (χ3n) is 3.00. The van der Waals surface area contributed by atoms with Gasteiger partial charge in [0, 0.05) is 15.5 Å².